The number of carbonyl (C=O) groups is 1. The molecule has 1 aliphatic rings. The maximum absolute atomic E-state index is 14.4. The second-order valence-corrected chi connectivity index (χ2v) is 5.26. The Hall–Kier alpha value is -3.41. The van der Waals surface area contributed by atoms with Crippen molar-refractivity contribution in [2.45, 2.75) is 12.3 Å². The fraction of sp³-hybridized carbons (Fsp3) is 0.188. The number of carbonyl (C=O) groups excluding carboxylic acids is 1. The van der Waals surface area contributed by atoms with Crippen LogP contribution in [-0.2, 0) is 16.0 Å². The standard InChI is InChI=1S/C16H12F2N4O3/c1-24-12(23)5-11-14-13(8-3-2-7(17)4-10(8)18)9(6-19)15(20)25-16(14)22-21-11/h2-4,13H,5,20H2,1H3,(H,21,22). The molecule has 1 aliphatic heterocycles. The van der Waals surface area contributed by atoms with E-state index in [1.54, 1.807) is 0 Å². The third-order valence-corrected chi connectivity index (χ3v) is 3.84. The van der Waals surface area contributed by atoms with Crippen LogP contribution in [0.3, 0.4) is 0 Å². The Labute approximate surface area is 140 Å². The van der Waals surface area contributed by atoms with Gasteiger partial charge in [0.15, 0.2) is 0 Å². The minimum absolute atomic E-state index is 0.0120. The Bertz CT molecular complexity index is 930. The number of nitrogens with two attached hydrogens (primary N) is 1. The number of hydrogen-bond acceptors (Lipinski definition) is 6. The summed E-state index contributed by atoms with van der Waals surface area (Å²) in [5.41, 5.74) is 6.26. The van der Waals surface area contributed by atoms with Gasteiger partial charge in [0.25, 0.3) is 0 Å². The highest BCUT2D eigenvalue weighted by atomic mass is 19.1. The zero-order chi connectivity index (χ0) is 18.1. The van der Waals surface area contributed by atoms with E-state index in [9.17, 15) is 18.8 Å². The molecule has 2 aromatic rings. The van der Waals surface area contributed by atoms with Crippen LogP contribution in [0.1, 0.15) is 22.7 Å². The van der Waals surface area contributed by atoms with Crippen molar-refractivity contribution in [3.05, 3.63) is 58.1 Å². The van der Waals surface area contributed by atoms with E-state index in [-0.39, 0.29) is 40.6 Å². The minimum atomic E-state index is -0.993. The number of ether oxygens (including phenoxy) is 2. The van der Waals surface area contributed by atoms with Crippen molar-refractivity contribution in [2.75, 3.05) is 7.11 Å². The molecule has 3 N–H and O–H groups in total. The third kappa shape index (κ3) is 2.78. The number of allylic oxidation sites excluding steroid dienone is 1. The second-order valence-electron chi connectivity index (χ2n) is 5.26. The third-order valence-electron chi connectivity index (χ3n) is 3.84. The van der Waals surface area contributed by atoms with Crippen molar-refractivity contribution in [3.63, 3.8) is 0 Å². The first-order valence-electron chi connectivity index (χ1n) is 7.12. The first-order valence-corrected chi connectivity index (χ1v) is 7.12. The predicted octanol–water partition coefficient (Wildman–Crippen LogP) is 1.62. The van der Waals surface area contributed by atoms with Crippen LogP contribution in [-0.4, -0.2) is 23.3 Å². The van der Waals surface area contributed by atoms with Gasteiger partial charge < -0.3 is 15.2 Å². The summed E-state index contributed by atoms with van der Waals surface area (Å²) in [4.78, 5) is 11.6. The van der Waals surface area contributed by atoms with Gasteiger partial charge in [-0.2, -0.15) is 5.26 Å². The van der Waals surface area contributed by atoms with Gasteiger partial charge in [-0.15, -0.1) is 5.10 Å². The monoisotopic (exact) mass is 346 g/mol. The fourth-order valence-electron chi connectivity index (χ4n) is 2.71. The molecular weight excluding hydrogens is 334 g/mol. The van der Waals surface area contributed by atoms with E-state index in [0.29, 0.717) is 6.07 Å². The number of nitriles is 1. The SMILES string of the molecule is COC(=O)Cc1[nH]nc2c1C(c1ccc(F)cc1F)C(C#N)=C(N)O2. The Morgan fingerprint density at radius 3 is 2.92 bits per heavy atom. The van der Waals surface area contributed by atoms with Gasteiger partial charge in [0.1, 0.15) is 23.3 Å². The number of aromatic amines is 1. The molecule has 1 aromatic heterocycles. The molecule has 0 spiro atoms. The molecule has 128 valence electrons. The summed E-state index contributed by atoms with van der Waals surface area (Å²) in [5, 5.41) is 16.0. The van der Waals surface area contributed by atoms with E-state index in [1.807, 2.05) is 6.07 Å². The summed E-state index contributed by atoms with van der Waals surface area (Å²) in [6.07, 6.45) is -0.194. The first kappa shape index (κ1) is 16.4. The highest BCUT2D eigenvalue weighted by Crippen LogP contribution is 2.43. The van der Waals surface area contributed by atoms with Crippen molar-refractivity contribution < 1.29 is 23.0 Å². The average Bonchev–Trinajstić information content (AvgIpc) is 2.96. The van der Waals surface area contributed by atoms with Gasteiger partial charge >= 0.3 is 5.97 Å². The van der Waals surface area contributed by atoms with Crippen molar-refractivity contribution in [1.82, 2.24) is 10.2 Å². The largest absolute Gasteiger partial charge is 0.469 e. The summed E-state index contributed by atoms with van der Waals surface area (Å²) >= 11 is 0. The average molecular weight is 346 g/mol. The maximum Gasteiger partial charge on any atom is 0.311 e. The second kappa shape index (κ2) is 6.24. The molecule has 1 aromatic carbocycles. The van der Waals surface area contributed by atoms with Gasteiger partial charge in [-0.1, -0.05) is 6.07 Å². The molecule has 0 radical (unpaired) electrons. The lowest BCUT2D eigenvalue weighted by atomic mass is 9.83. The van der Waals surface area contributed by atoms with Crippen molar-refractivity contribution in [1.29, 1.82) is 5.26 Å². The molecule has 2 heterocycles. The topological polar surface area (TPSA) is 114 Å². The number of hydrogen-bond donors (Lipinski definition) is 2. The van der Waals surface area contributed by atoms with Crippen LogP contribution in [0.2, 0.25) is 0 Å². The molecule has 1 atom stereocenters. The predicted molar refractivity (Wildman–Crippen MR) is 80.0 cm³/mol. The van der Waals surface area contributed by atoms with E-state index in [4.69, 9.17) is 10.5 Å². The summed E-state index contributed by atoms with van der Waals surface area (Å²) < 4.78 is 37.5. The molecule has 0 bridgehead atoms. The van der Waals surface area contributed by atoms with Crippen LogP contribution in [0.4, 0.5) is 8.78 Å². The van der Waals surface area contributed by atoms with E-state index in [1.165, 1.54) is 13.2 Å². The lowest BCUT2D eigenvalue weighted by molar-refractivity contribution is -0.139. The maximum atomic E-state index is 14.4. The lowest BCUT2D eigenvalue weighted by Gasteiger charge is -2.24. The Morgan fingerprint density at radius 1 is 1.52 bits per heavy atom. The number of benzene rings is 1. The van der Waals surface area contributed by atoms with Crippen LogP contribution in [0.5, 0.6) is 5.88 Å². The fourth-order valence-corrected chi connectivity index (χ4v) is 2.71. The Balaban J connectivity index is 2.20. The summed E-state index contributed by atoms with van der Waals surface area (Å²) in [6, 6.07) is 4.87. The molecule has 0 saturated heterocycles. The van der Waals surface area contributed by atoms with Crippen LogP contribution in [0.25, 0.3) is 0 Å². The molecule has 0 amide bonds. The summed E-state index contributed by atoms with van der Waals surface area (Å²) in [5.74, 6) is -3.39. The molecule has 9 heteroatoms. The quantitative estimate of drug-likeness (QED) is 0.817. The van der Waals surface area contributed by atoms with Crippen molar-refractivity contribution >= 4 is 5.97 Å². The smallest absolute Gasteiger partial charge is 0.311 e. The normalized spacial score (nSPS) is 16.0. The number of nitrogens with one attached hydrogen (secondary N) is 1. The number of aromatic nitrogens is 2. The van der Waals surface area contributed by atoms with Crippen LogP contribution in [0, 0.1) is 23.0 Å². The van der Waals surface area contributed by atoms with Gasteiger partial charge in [0.05, 0.1) is 30.7 Å². The van der Waals surface area contributed by atoms with E-state index in [0.717, 1.165) is 6.07 Å². The molecule has 7 nitrogen and oxygen atoms in total. The molecular formula is C16H12F2N4O3. The van der Waals surface area contributed by atoms with E-state index in [2.05, 4.69) is 14.9 Å². The number of methoxy groups -OCH3 is 1. The molecule has 3 rings (SSSR count). The first-order chi connectivity index (χ1) is 12.0. The van der Waals surface area contributed by atoms with Gasteiger partial charge in [-0.25, -0.2) is 8.78 Å². The molecule has 0 aliphatic carbocycles. The molecule has 25 heavy (non-hydrogen) atoms. The highest BCUT2D eigenvalue weighted by Gasteiger charge is 2.37. The lowest BCUT2D eigenvalue weighted by Crippen LogP contribution is -2.22. The summed E-state index contributed by atoms with van der Waals surface area (Å²) in [6.45, 7) is 0. The minimum Gasteiger partial charge on any atom is -0.469 e. The number of halogens is 2. The Morgan fingerprint density at radius 2 is 2.28 bits per heavy atom. The molecule has 0 fully saturated rings. The zero-order valence-electron chi connectivity index (χ0n) is 13.0. The van der Waals surface area contributed by atoms with Crippen LogP contribution in [0.15, 0.2) is 29.7 Å². The number of rotatable bonds is 3. The number of fused-ring (bicyclic) bond motifs is 1. The van der Waals surface area contributed by atoms with Gasteiger partial charge in [-0.05, 0) is 6.07 Å². The molecule has 1 unspecified atom stereocenters. The molecule has 0 saturated carbocycles. The van der Waals surface area contributed by atoms with Crippen molar-refractivity contribution in [2.24, 2.45) is 5.73 Å². The number of nitrogens with zero attached hydrogens (tertiary/aromatic N) is 2. The zero-order valence-corrected chi connectivity index (χ0v) is 13.0. The van der Waals surface area contributed by atoms with Gasteiger partial charge in [0, 0.05) is 11.6 Å². The van der Waals surface area contributed by atoms with Gasteiger partial charge in [0.2, 0.25) is 11.8 Å². The van der Waals surface area contributed by atoms with E-state index >= 15 is 0 Å². The van der Waals surface area contributed by atoms with Crippen molar-refractivity contribution in [3.8, 4) is 11.9 Å². The number of esters is 1. The summed E-state index contributed by atoms with van der Waals surface area (Å²) in [7, 11) is 1.22. The van der Waals surface area contributed by atoms with Crippen LogP contribution < -0.4 is 10.5 Å². The number of H-pyrrole nitrogens is 1. The highest BCUT2D eigenvalue weighted by molar-refractivity contribution is 5.73. The van der Waals surface area contributed by atoms with E-state index < -0.39 is 23.5 Å². The van der Waals surface area contributed by atoms with Crippen LogP contribution >= 0.6 is 0 Å². The van der Waals surface area contributed by atoms with Gasteiger partial charge in [-0.3, -0.25) is 9.89 Å². The Kier molecular flexibility index (Phi) is 4.10.